The molecule has 1 heterocycles. The van der Waals surface area contributed by atoms with Gasteiger partial charge in [-0.25, -0.2) is 0 Å². The van der Waals surface area contributed by atoms with Crippen molar-refractivity contribution in [2.24, 2.45) is 11.8 Å². The Kier molecular flexibility index (Phi) is 8.56. The molecule has 1 atom stereocenters. The van der Waals surface area contributed by atoms with E-state index in [-0.39, 0.29) is 30.3 Å². The monoisotopic (exact) mass is 264 g/mol. The van der Waals surface area contributed by atoms with Gasteiger partial charge in [0.15, 0.2) is 0 Å². The third kappa shape index (κ3) is 5.70. The largest absolute Gasteiger partial charge is 0.378 e. The standard InChI is InChI=1S/C12H24N2O2.ClH/c1-4-16-11(9(2)3)5-6-14-12(15)10-7-13-8-10;/h9-11,13H,4-8H2,1-3H3,(H,14,15);1H. The second-order valence-corrected chi connectivity index (χ2v) is 4.67. The van der Waals surface area contributed by atoms with Crippen molar-refractivity contribution in [1.29, 1.82) is 0 Å². The minimum atomic E-state index is 0. The Morgan fingerprint density at radius 2 is 2.12 bits per heavy atom. The van der Waals surface area contributed by atoms with Crippen LogP contribution in [0, 0.1) is 11.8 Å². The molecule has 0 aromatic heterocycles. The first-order chi connectivity index (χ1) is 7.65. The van der Waals surface area contributed by atoms with Crippen molar-refractivity contribution >= 4 is 18.3 Å². The first-order valence-corrected chi connectivity index (χ1v) is 6.25. The number of carbonyl (C=O) groups is 1. The average molecular weight is 265 g/mol. The number of hydrogen-bond acceptors (Lipinski definition) is 3. The summed E-state index contributed by atoms with van der Waals surface area (Å²) in [7, 11) is 0. The van der Waals surface area contributed by atoms with E-state index in [0.717, 1.165) is 32.7 Å². The molecule has 1 saturated heterocycles. The van der Waals surface area contributed by atoms with Crippen LogP contribution in [0.4, 0.5) is 0 Å². The highest BCUT2D eigenvalue weighted by Crippen LogP contribution is 2.10. The van der Waals surface area contributed by atoms with E-state index in [4.69, 9.17) is 4.74 Å². The minimum absolute atomic E-state index is 0. The molecule has 4 nitrogen and oxygen atoms in total. The van der Waals surface area contributed by atoms with Gasteiger partial charge < -0.3 is 15.4 Å². The third-order valence-corrected chi connectivity index (χ3v) is 3.00. The lowest BCUT2D eigenvalue weighted by molar-refractivity contribution is -0.126. The summed E-state index contributed by atoms with van der Waals surface area (Å²) in [6.45, 7) is 9.42. The first kappa shape index (κ1) is 16.7. The Morgan fingerprint density at radius 3 is 2.53 bits per heavy atom. The van der Waals surface area contributed by atoms with E-state index in [1.54, 1.807) is 0 Å². The zero-order valence-electron chi connectivity index (χ0n) is 11.0. The predicted octanol–water partition coefficient (Wildman–Crippen LogP) is 1.19. The maximum absolute atomic E-state index is 11.5. The smallest absolute Gasteiger partial charge is 0.225 e. The molecule has 1 amide bonds. The molecule has 2 N–H and O–H groups in total. The fourth-order valence-electron chi connectivity index (χ4n) is 1.78. The van der Waals surface area contributed by atoms with Crippen LogP contribution in [0.2, 0.25) is 0 Å². The van der Waals surface area contributed by atoms with Gasteiger partial charge in [-0.15, -0.1) is 12.4 Å². The third-order valence-electron chi connectivity index (χ3n) is 3.00. The fraction of sp³-hybridized carbons (Fsp3) is 0.917. The van der Waals surface area contributed by atoms with Crippen LogP contribution in [0.25, 0.3) is 0 Å². The van der Waals surface area contributed by atoms with Crippen molar-refractivity contribution in [3.05, 3.63) is 0 Å². The van der Waals surface area contributed by atoms with E-state index in [2.05, 4.69) is 24.5 Å². The highest BCUT2D eigenvalue weighted by atomic mass is 35.5. The van der Waals surface area contributed by atoms with Crippen LogP contribution in [0.1, 0.15) is 27.2 Å². The van der Waals surface area contributed by atoms with Gasteiger partial charge in [0.25, 0.3) is 0 Å². The maximum atomic E-state index is 11.5. The molecule has 1 fully saturated rings. The number of amides is 1. The summed E-state index contributed by atoms with van der Waals surface area (Å²) in [4.78, 5) is 11.5. The summed E-state index contributed by atoms with van der Waals surface area (Å²) in [5.74, 6) is 0.865. The summed E-state index contributed by atoms with van der Waals surface area (Å²) in [5.41, 5.74) is 0. The molecule has 0 spiro atoms. The predicted molar refractivity (Wildman–Crippen MR) is 71.5 cm³/mol. The second-order valence-electron chi connectivity index (χ2n) is 4.67. The number of nitrogens with one attached hydrogen (secondary N) is 2. The number of hydrogen-bond donors (Lipinski definition) is 2. The van der Waals surface area contributed by atoms with Gasteiger partial charge in [0, 0.05) is 26.2 Å². The second kappa shape index (κ2) is 8.72. The van der Waals surface area contributed by atoms with Gasteiger partial charge in [0.1, 0.15) is 0 Å². The zero-order chi connectivity index (χ0) is 12.0. The van der Waals surface area contributed by atoms with Gasteiger partial charge in [-0.1, -0.05) is 13.8 Å². The van der Waals surface area contributed by atoms with E-state index < -0.39 is 0 Å². The quantitative estimate of drug-likeness (QED) is 0.726. The topological polar surface area (TPSA) is 50.4 Å². The van der Waals surface area contributed by atoms with Gasteiger partial charge in [-0.2, -0.15) is 0 Å². The molecule has 1 rings (SSSR count). The summed E-state index contributed by atoms with van der Waals surface area (Å²) in [6, 6.07) is 0. The average Bonchev–Trinajstić information content (AvgIpc) is 2.13. The molecule has 1 aliphatic heterocycles. The molecule has 0 radical (unpaired) electrons. The number of ether oxygens (including phenoxy) is 1. The SMILES string of the molecule is CCOC(CCNC(=O)C1CNC1)C(C)C.Cl. The Hall–Kier alpha value is -0.320. The zero-order valence-corrected chi connectivity index (χ0v) is 11.8. The molecule has 102 valence electrons. The molecular formula is C12H25ClN2O2. The van der Waals surface area contributed by atoms with E-state index in [9.17, 15) is 4.79 Å². The molecule has 1 unspecified atom stereocenters. The van der Waals surface area contributed by atoms with Crippen molar-refractivity contribution in [1.82, 2.24) is 10.6 Å². The lowest BCUT2D eigenvalue weighted by atomic mass is 10.0. The number of halogens is 1. The molecule has 0 aromatic rings. The molecule has 5 heteroatoms. The molecule has 1 aliphatic rings. The number of rotatable bonds is 7. The lowest BCUT2D eigenvalue weighted by Crippen LogP contribution is -2.51. The highest BCUT2D eigenvalue weighted by molar-refractivity contribution is 5.85. The molecule has 0 aromatic carbocycles. The van der Waals surface area contributed by atoms with Crippen LogP contribution in [0.15, 0.2) is 0 Å². The number of carbonyl (C=O) groups excluding carboxylic acids is 1. The van der Waals surface area contributed by atoms with Crippen molar-refractivity contribution in [2.45, 2.75) is 33.3 Å². The summed E-state index contributed by atoms with van der Waals surface area (Å²) < 4.78 is 5.62. The Labute approximate surface area is 110 Å². The van der Waals surface area contributed by atoms with Crippen molar-refractivity contribution in [3.8, 4) is 0 Å². The van der Waals surface area contributed by atoms with Crippen molar-refractivity contribution in [3.63, 3.8) is 0 Å². The molecule has 17 heavy (non-hydrogen) atoms. The van der Waals surface area contributed by atoms with Gasteiger partial charge in [-0.3, -0.25) is 4.79 Å². The van der Waals surface area contributed by atoms with Crippen LogP contribution in [0.5, 0.6) is 0 Å². The first-order valence-electron chi connectivity index (χ1n) is 6.25. The molecule has 0 bridgehead atoms. The minimum Gasteiger partial charge on any atom is -0.378 e. The highest BCUT2D eigenvalue weighted by Gasteiger charge is 2.24. The lowest BCUT2D eigenvalue weighted by Gasteiger charge is -2.26. The van der Waals surface area contributed by atoms with Crippen molar-refractivity contribution in [2.75, 3.05) is 26.2 Å². The van der Waals surface area contributed by atoms with E-state index in [1.165, 1.54) is 0 Å². The van der Waals surface area contributed by atoms with E-state index in [1.807, 2.05) is 6.92 Å². The Morgan fingerprint density at radius 1 is 1.47 bits per heavy atom. The van der Waals surface area contributed by atoms with Crippen molar-refractivity contribution < 1.29 is 9.53 Å². The summed E-state index contributed by atoms with van der Waals surface area (Å²) >= 11 is 0. The fourth-order valence-corrected chi connectivity index (χ4v) is 1.78. The van der Waals surface area contributed by atoms with Gasteiger partial charge >= 0.3 is 0 Å². The molecule has 0 aliphatic carbocycles. The van der Waals surface area contributed by atoms with Crippen LogP contribution in [0.3, 0.4) is 0 Å². The summed E-state index contributed by atoms with van der Waals surface area (Å²) in [5, 5.41) is 6.06. The Balaban J connectivity index is 0.00000256. The van der Waals surface area contributed by atoms with Crippen LogP contribution >= 0.6 is 12.4 Å². The van der Waals surface area contributed by atoms with Gasteiger partial charge in [0.2, 0.25) is 5.91 Å². The van der Waals surface area contributed by atoms with Crippen LogP contribution in [-0.2, 0) is 9.53 Å². The maximum Gasteiger partial charge on any atom is 0.225 e. The van der Waals surface area contributed by atoms with Gasteiger partial charge in [0.05, 0.1) is 12.0 Å². The molecule has 0 saturated carbocycles. The normalized spacial score (nSPS) is 17.2. The Bertz CT molecular complexity index is 221. The van der Waals surface area contributed by atoms with E-state index >= 15 is 0 Å². The van der Waals surface area contributed by atoms with Crippen LogP contribution < -0.4 is 10.6 Å². The van der Waals surface area contributed by atoms with Crippen LogP contribution in [-0.4, -0.2) is 38.3 Å². The van der Waals surface area contributed by atoms with Gasteiger partial charge in [-0.05, 0) is 19.3 Å². The van der Waals surface area contributed by atoms with E-state index in [0.29, 0.717) is 5.92 Å². The molecular weight excluding hydrogens is 240 g/mol. The summed E-state index contributed by atoms with van der Waals surface area (Å²) in [6.07, 6.45) is 1.15.